The minimum Gasteiger partial charge on any atom is -0.497 e. The number of aromatic carboxylic acids is 1. The Hall–Kier alpha value is -3.38. The van der Waals surface area contributed by atoms with Gasteiger partial charge in [0.2, 0.25) is 0 Å². The van der Waals surface area contributed by atoms with Gasteiger partial charge in [0.1, 0.15) is 5.75 Å². The lowest BCUT2D eigenvalue weighted by molar-refractivity contribution is 0.0699. The molecule has 2 N–H and O–H groups in total. The number of halogens is 1. The number of H-pyrrole nitrogens is 1. The number of ether oxygens (including phenoxy) is 1. The number of aromatic nitrogens is 3. The van der Waals surface area contributed by atoms with Gasteiger partial charge in [0.25, 0.3) is 0 Å². The third-order valence-corrected chi connectivity index (χ3v) is 4.47. The van der Waals surface area contributed by atoms with Gasteiger partial charge in [0.05, 0.1) is 29.4 Å². The van der Waals surface area contributed by atoms with Crippen molar-refractivity contribution in [2.75, 3.05) is 7.11 Å². The van der Waals surface area contributed by atoms with E-state index < -0.39 is 5.97 Å². The van der Waals surface area contributed by atoms with Gasteiger partial charge in [-0.3, -0.25) is 5.10 Å². The van der Waals surface area contributed by atoms with Gasteiger partial charge in [-0.05, 0) is 30.3 Å². The molecule has 0 saturated heterocycles. The minimum atomic E-state index is -1.06. The van der Waals surface area contributed by atoms with E-state index in [4.69, 9.17) is 16.3 Å². The Morgan fingerprint density at radius 3 is 2.63 bits per heavy atom. The fraction of sp³-hybridized carbons (Fsp3) is 0.0500. The number of benzene rings is 2. The van der Waals surface area contributed by atoms with E-state index in [1.54, 1.807) is 25.3 Å². The number of methoxy groups -OCH3 is 1. The standard InChI is InChI=1S/C20H14ClN3O3/c1-27-14-7-3-5-12(9-14)18-17-15(20(25)26)10-16(22-19(17)24-23-18)11-4-2-6-13(21)8-11/h2-10H,1H3,(H,25,26)(H,22,23,24). The molecule has 0 aliphatic heterocycles. The molecule has 4 rings (SSSR count). The first-order valence-corrected chi connectivity index (χ1v) is 8.47. The van der Waals surface area contributed by atoms with Crippen molar-refractivity contribution in [2.24, 2.45) is 0 Å². The van der Waals surface area contributed by atoms with E-state index in [2.05, 4.69) is 15.2 Å². The van der Waals surface area contributed by atoms with Crippen LogP contribution in [0.15, 0.2) is 54.6 Å². The second-order valence-electron chi connectivity index (χ2n) is 5.90. The summed E-state index contributed by atoms with van der Waals surface area (Å²) < 4.78 is 5.25. The highest BCUT2D eigenvalue weighted by molar-refractivity contribution is 6.30. The summed E-state index contributed by atoms with van der Waals surface area (Å²) in [6.07, 6.45) is 0. The fourth-order valence-corrected chi connectivity index (χ4v) is 3.17. The van der Waals surface area contributed by atoms with Crippen molar-refractivity contribution in [3.63, 3.8) is 0 Å². The molecule has 134 valence electrons. The predicted molar refractivity (Wildman–Crippen MR) is 103 cm³/mol. The molecule has 0 saturated carbocycles. The first-order chi connectivity index (χ1) is 13.1. The number of rotatable bonds is 4. The number of nitrogens with one attached hydrogen (secondary N) is 1. The summed E-state index contributed by atoms with van der Waals surface area (Å²) in [6.45, 7) is 0. The average Bonchev–Trinajstić information content (AvgIpc) is 3.11. The molecule has 4 aromatic rings. The topological polar surface area (TPSA) is 88.1 Å². The van der Waals surface area contributed by atoms with Crippen LogP contribution in [-0.4, -0.2) is 33.4 Å². The molecule has 2 heterocycles. The zero-order valence-corrected chi connectivity index (χ0v) is 15.0. The fourth-order valence-electron chi connectivity index (χ4n) is 2.98. The van der Waals surface area contributed by atoms with Gasteiger partial charge in [-0.25, -0.2) is 9.78 Å². The first kappa shape index (κ1) is 17.1. The van der Waals surface area contributed by atoms with Gasteiger partial charge in [-0.2, -0.15) is 5.10 Å². The van der Waals surface area contributed by atoms with Crippen molar-refractivity contribution >= 4 is 28.6 Å². The van der Waals surface area contributed by atoms with E-state index in [0.29, 0.717) is 33.2 Å². The molecule has 2 aromatic carbocycles. The summed E-state index contributed by atoms with van der Waals surface area (Å²) in [5.74, 6) is -0.396. The molecule has 7 heteroatoms. The highest BCUT2D eigenvalue weighted by atomic mass is 35.5. The zero-order chi connectivity index (χ0) is 19.0. The van der Waals surface area contributed by atoms with Crippen molar-refractivity contribution < 1.29 is 14.6 Å². The van der Waals surface area contributed by atoms with Gasteiger partial charge < -0.3 is 9.84 Å². The van der Waals surface area contributed by atoms with Crippen molar-refractivity contribution in [2.45, 2.75) is 0 Å². The Balaban J connectivity index is 1.96. The normalized spacial score (nSPS) is 10.9. The molecule has 0 fully saturated rings. The van der Waals surface area contributed by atoms with Crippen LogP contribution < -0.4 is 4.74 Å². The second kappa shape index (κ2) is 6.74. The SMILES string of the molecule is COc1cccc(-c2[nH]nc3nc(-c4cccc(Cl)c4)cc(C(=O)O)c23)c1. The summed E-state index contributed by atoms with van der Waals surface area (Å²) in [6, 6.07) is 15.9. The molecule has 2 aromatic heterocycles. The first-order valence-electron chi connectivity index (χ1n) is 8.09. The molecule has 0 radical (unpaired) electrons. The summed E-state index contributed by atoms with van der Waals surface area (Å²) in [7, 11) is 1.58. The molecule has 0 amide bonds. The van der Waals surface area contributed by atoms with Gasteiger partial charge in [-0.15, -0.1) is 0 Å². The second-order valence-corrected chi connectivity index (χ2v) is 6.34. The number of hydrogen-bond donors (Lipinski definition) is 2. The van der Waals surface area contributed by atoms with E-state index in [1.807, 2.05) is 30.3 Å². The van der Waals surface area contributed by atoms with Crippen LogP contribution in [0, 0.1) is 0 Å². The minimum absolute atomic E-state index is 0.113. The number of carbonyl (C=O) groups is 1. The maximum absolute atomic E-state index is 11.9. The lowest BCUT2D eigenvalue weighted by atomic mass is 10.0. The number of fused-ring (bicyclic) bond motifs is 1. The maximum Gasteiger partial charge on any atom is 0.336 e. The molecular weight excluding hydrogens is 366 g/mol. The lowest BCUT2D eigenvalue weighted by Gasteiger charge is -2.07. The maximum atomic E-state index is 11.9. The zero-order valence-electron chi connectivity index (χ0n) is 14.2. The summed E-state index contributed by atoms with van der Waals surface area (Å²) in [4.78, 5) is 16.5. The molecule has 27 heavy (non-hydrogen) atoms. The van der Waals surface area contributed by atoms with Crippen LogP contribution >= 0.6 is 11.6 Å². The van der Waals surface area contributed by atoms with Crippen molar-refractivity contribution in [1.82, 2.24) is 15.2 Å². The van der Waals surface area contributed by atoms with Crippen molar-refractivity contribution in [3.8, 4) is 28.3 Å². The van der Waals surface area contributed by atoms with Crippen molar-refractivity contribution in [3.05, 3.63) is 65.2 Å². The Kier molecular flexibility index (Phi) is 4.25. The molecule has 0 bridgehead atoms. The molecule has 0 spiro atoms. The highest BCUT2D eigenvalue weighted by Gasteiger charge is 2.20. The van der Waals surface area contributed by atoms with Crippen LogP contribution in [0.2, 0.25) is 5.02 Å². The van der Waals surface area contributed by atoms with Gasteiger partial charge in [0.15, 0.2) is 5.65 Å². The summed E-state index contributed by atoms with van der Waals surface area (Å²) >= 11 is 6.05. The third kappa shape index (κ3) is 3.11. The number of carboxylic acid groups (broad SMARTS) is 1. The quantitative estimate of drug-likeness (QED) is 0.538. The third-order valence-electron chi connectivity index (χ3n) is 4.23. The predicted octanol–water partition coefficient (Wildman–Crippen LogP) is 4.65. The molecule has 0 atom stereocenters. The Morgan fingerprint density at radius 1 is 1.11 bits per heavy atom. The van der Waals surface area contributed by atoms with Gasteiger partial charge in [0, 0.05) is 16.1 Å². The summed E-state index contributed by atoms with van der Waals surface area (Å²) in [5, 5.41) is 17.9. The van der Waals surface area contributed by atoms with Crippen LogP contribution in [0.3, 0.4) is 0 Å². The smallest absolute Gasteiger partial charge is 0.336 e. The van der Waals surface area contributed by atoms with Crippen LogP contribution in [-0.2, 0) is 0 Å². The number of hydrogen-bond acceptors (Lipinski definition) is 4. The van der Waals surface area contributed by atoms with E-state index in [1.165, 1.54) is 6.07 Å². The van der Waals surface area contributed by atoms with Crippen molar-refractivity contribution in [1.29, 1.82) is 0 Å². The van der Waals surface area contributed by atoms with Crippen LogP contribution in [0.1, 0.15) is 10.4 Å². The molecule has 0 unspecified atom stereocenters. The largest absolute Gasteiger partial charge is 0.497 e. The highest BCUT2D eigenvalue weighted by Crippen LogP contribution is 2.33. The van der Waals surface area contributed by atoms with Crippen LogP contribution in [0.4, 0.5) is 0 Å². The van der Waals surface area contributed by atoms with Crippen LogP contribution in [0.5, 0.6) is 5.75 Å². The Labute approximate surface area is 159 Å². The number of aromatic amines is 1. The van der Waals surface area contributed by atoms with E-state index in [-0.39, 0.29) is 5.56 Å². The summed E-state index contributed by atoms with van der Waals surface area (Å²) in [5.41, 5.74) is 2.98. The van der Waals surface area contributed by atoms with E-state index in [0.717, 1.165) is 11.1 Å². The number of pyridine rings is 1. The number of nitrogens with zero attached hydrogens (tertiary/aromatic N) is 2. The van der Waals surface area contributed by atoms with Gasteiger partial charge >= 0.3 is 5.97 Å². The van der Waals surface area contributed by atoms with E-state index in [9.17, 15) is 9.90 Å². The average molecular weight is 380 g/mol. The van der Waals surface area contributed by atoms with Gasteiger partial charge in [-0.1, -0.05) is 35.9 Å². The van der Waals surface area contributed by atoms with Crippen LogP contribution in [0.25, 0.3) is 33.5 Å². The Bertz CT molecular complexity index is 1170. The molecule has 6 nitrogen and oxygen atoms in total. The molecule has 0 aliphatic rings. The lowest BCUT2D eigenvalue weighted by Crippen LogP contribution is -2.00. The number of carboxylic acids is 1. The monoisotopic (exact) mass is 379 g/mol. The van der Waals surface area contributed by atoms with E-state index >= 15 is 0 Å². The molecular formula is C20H14ClN3O3. The Morgan fingerprint density at radius 2 is 1.89 bits per heavy atom. The molecule has 0 aliphatic carbocycles.